The first-order valence-electron chi connectivity index (χ1n) is 3.24. The monoisotopic (exact) mass is 205 g/mol. The Morgan fingerprint density at radius 2 is 2.23 bits per heavy atom. The molecule has 1 rings (SSSR count). The lowest BCUT2D eigenvalue weighted by Gasteiger charge is -2.07. The van der Waals surface area contributed by atoms with Gasteiger partial charge in [0, 0.05) is 0 Å². The summed E-state index contributed by atoms with van der Waals surface area (Å²) in [6.45, 7) is 1.39. The largest absolute Gasteiger partial charge is 0.480 e. The summed E-state index contributed by atoms with van der Waals surface area (Å²) < 4.78 is 0.995. The maximum absolute atomic E-state index is 11.0. The molecule has 0 radical (unpaired) electrons. The lowest BCUT2D eigenvalue weighted by atomic mass is 10.3. The number of aliphatic carboxylic acids is 1. The van der Waals surface area contributed by atoms with Crippen LogP contribution >= 0.6 is 12.4 Å². The summed E-state index contributed by atoms with van der Waals surface area (Å²) in [5, 5.41) is 15.3. The fraction of sp³-hybridized carbons (Fsp3) is 0.333. The summed E-state index contributed by atoms with van der Waals surface area (Å²) in [6, 6.07) is -0.909. The SMILES string of the molecule is CC(C(=O)O)n1cnncc1=O.Cl. The van der Waals surface area contributed by atoms with Gasteiger partial charge in [-0.05, 0) is 6.92 Å². The molecular weight excluding hydrogens is 198 g/mol. The molecule has 0 aliphatic heterocycles. The second kappa shape index (κ2) is 4.56. The molecule has 1 unspecified atom stereocenters. The average molecular weight is 206 g/mol. The molecule has 1 aromatic heterocycles. The molecule has 0 aromatic carbocycles. The van der Waals surface area contributed by atoms with E-state index in [-0.39, 0.29) is 12.4 Å². The highest BCUT2D eigenvalue weighted by molar-refractivity contribution is 5.85. The van der Waals surface area contributed by atoms with Crippen LogP contribution in [0.2, 0.25) is 0 Å². The van der Waals surface area contributed by atoms with Gasteiger partial charge in [0.25, 0.3) is 5.56 Å². The molecule has 1 N–H and O–H groups in total. The van der Waals surface area contributed by atoms with Crippen LogP contribution in [0.5, 0.6) is 0 Å². The summed E-state index contributed by atoms with van der Waals surface area (Å²) in [5.41, 5.74) is -0.472. The molecule has 1 heterocycles. The third kappa shape index (κ3) is 2.51. The predicted molar refractivity (Wildman–Crippen MR) is 45.9 cm³/mol. The molecule has 1 aromatic rings. The predicted octanol–water partition coefficient (Wildman–Crippen LogP) is -0.294. The van der Waals surface area contributed by atoms with E-state index in [9.17, 15) is 9.59 Å². The van der Waals surface area contributed by atoms with Crippen molar-refractivity contribution in [1.29, 1.82) is 0 Å². The molecule has 0 amide bonds. The summed E-state index contributed by atoms with van der Waals surface area (Å²) in [5.74, 6) is -1.08. The molecule has 1 atom stereocenters. The van der Waals surface area contributed by atoms with E-state index in [0.29, 0.717) is 0 Å². The number of carbonyl (C=O) groups is 1. The normalized spacial score (nSPS) is 11.5. The van der Waals surface area contributed by atoms with Crippen LogP contribution in [0.1, 0.15) is 13.0 Å². The highest BCUT2D eigenvalue weighted by atomic mass is 35.5. The smallest absolute Gasteiger partial charge is 0.326 e. The summed E-state index contributed by atoms with van der Waals surface area (Å²) in [7, 11) is 0. The molecule has 0 fully saturated rings. The van der Waals surface area contributed by atoms with Crippen LogP contribution in [0, 0.1) is 0 Å². The van der Waals surface area contributed by atoms with Crippen molar-refractivity contribution in [2.75, 3.05) is 0 Å². The standard InChI is InChI=1S/C6H7N3O3.ClH/c1-4(6(11)12)9-3-8-7-2-5(9)10;/h2-4H,1H3,(H,11,12);1H. The Bertz CT molecular complexity index is 351. The Balaban J connectivity index is 0.00000144. The first-order chi connectivity index (χ1) is 5.63. The second-order valence-corrected chi connectivity index (χ2v) is 2.24. The van der Waals surface area contributed by atoms with Crippen molar-refractivity contribution in [2.24, 2.45) is 0 Å². The lowest BCUT2D eigenvalue weighted by molar-refractivity contribution is -0.140. The Labute approximate surface area is 79.6 Å². The van der Waals surface area contributed by atoms with Gasteiger partial charge in [0.2, 0.25) is 0 Å². The molecular formula is C6H8ClN3O3. The quantitative estimate of drug-likeness (QED) is 0.717. The summed E-state index contributed by atoms with van der Waals surface area (Å²) in [6.07, 6.45) is 2.07. The van der Waals surface area contributed by atoms with E-state index in [1.807, 2.05) is 0 Å². The van der Waals surface area contributed by atoms with Gasteiger partial charge in [-0.3, -0.25) is 9.36 Å². The first kappa shape index (κ1) is 11.6. The van der Waals surface area contributed by atoms with Crippen LogP contribution in [-0.4, -0.2) is 25.8 Å². The number of hydrogen-bond acceptors (Lipinski definition) is 4. The molecule has 0 aliphatic rings. The number of aromatic nitrogens is 3. The van der Waals surface area contributed by atoms with Crippen molar-refractivity contribution in [3.63, 3.8) is 0 Å². The maximum Gasteiger partial charge on any atom is 0.326 e. The Hall–Kier alpha value is -1.43. The number of nitrogens with zero attached hydrogens (tertiary/aromatic N) is 3. The van der Waals surface area contributed by atoms with E-state index in [0.717, 1.165) is 17.1 Å². The Kier molecular flexibility index (Phi) is 4.06. The zero-order chi connectivity index (χ0) is 9.14. The van der Waals surface area contributed by atoms with E-state index in [1.54, 1.807) is 0 Å². The molecule has 13 heavy (non-hydrogen) atoms. The van der Waals surface area contributed by atoms with E-state index in [1.165, 1.54) is 6.92 Å². The van der Waals surface area contributed by atoms with Crippen LogP contribution < -0.4 is 5.56 Å². The molecule has 0 spiro atoms. The number of carboxylic acid groups (broad SMARTS) is 1. The maximum atomic E-state index is 11.0. The fourth-order valence-corrected chi connectivity index (χ4v) is 0.702. The van der Waals surface area contributed by atoms with E-state index < -0.39 is 17.6 Å². The van der Waals surface area contributed by atoms with Gasteiger partial charge in [0.15, 0.2) is 0 Å². The molecule has 72 valence electrons. The highest BCUT2D eigenvalue weighted by Crippen LogP contribution is 1.98. The third-order valence-corrected chi connectivity index (χ3v) is 1.44. The van der Waals surface area contributed by atoms with Crippen molar-refractivity contribution in [3.8, 4) is 0 Å². The Morgan fingerprint density at radius 1 is 1.62 bits per heavy atom. The summed E-state index contributed by atoms with van der Waals surface area (Å²) >= 11 is 0. The first-order valence-corrected chi connectivity index (χ1v) is 3.24. The van der Waals surface area contributed by atoms with Crippen molar-refractivity contribution in [1.82, 2.24) is 14.8 Å². The summed E-state index contributed by atoms with van der Waals surface area (Å²) in [4.78, 5) is 21.4. The second-order valence-electron chi connectivity index (χ2n) is 2.24. The average Bonchev–Trinajstić information content (AvgIpc) is 2.04. The van der Waals surface area contributed by atoms with Gasteiger partial charge in [-0.2, -0.15) is 5.10 Å². The van der Waals surface area contributed by atoms with Crippen LogP contribution in [0.4, 0.5) is 0 Å². The zero-order valence-electron chi connectivity index (χ0n) is 6.75. The minimum atomic E-state index is -1.08. The molecule has 0 aliphatic carbocycles. The van der Waals surface area contributed by atoms with Crippen LogP contribution in [0.3, 0.4) is 0 Å². The van der Waals surface area contributed by atoms with Crippen LogP contribution in [0.25, 0.3) is 0 Å². The number of hydrogen-bond donors (Lipinski definition) is 1. The zero-order valence-corrected chi connectivity index (χ0v) is 7.56. The van der Waals surface area contributed by atoms with Gasteiger partial charge in [0.05, 0.1) is 0 Å². The fourth-order valence-electron chi connectivity index (χ4n) is 0.702. The van der Waals surface area contributed by atoms with Gasteiger partial charge < -0.3 is 5.11 Å². The van der Waals surface area contributed by atoms with Gasteiger partial charge >= 0.3 is 5.97 Å². The van der Waals surface area contributed by atoms with Gasteiger partial charge in [-0.1, -0.05) is 0 Å². The van der Waals surface area contributed by atoms with E-state index in [4.69, 9.17) is 5.11 Å². The Morgan fingerprint density at radius 3 is 2.69 bits per heavy atom. The van der Waals surface area contributed by atoms with Crippen molar-refractivity contribution < 1.29 is 9.90 Å². The van der Waals surface area contributed by atoms with Crippen molar-refractivity contribution in [3.05, 3.63) is 22.9 Å². The van der Waals surface area contributed by atoms with Crippen LogP contribution in [-0.2, 0) is 4.79 Å². The van der Waals surface area contributed by atoms with E-state index in [2.05, 4.69) is 10.2 Å². The van der Waals surface area contributed by atoms with Gasteiger partial charge in [-0.15, -0.1) is 17.5 Å². The van der Waals surface area contributed by atoms with Crippen molar-refractivity contribution in [2.45, 2.75) is 13.0 Å². The third-order valence-electron chi connectivity index (χ3n) is 1.44. The molecule has 7 heteroatoms. The topological polar surface area (TPSA) is 85.1 Å². The molecule has 0 saturated carbocycles. The van der Waals surface area contributed by atoms with Crippen LogP contribution in [0.15, 0.2) is 17.3 Å². The molecule has 6 nitrogen and oxygen atoms in total. The number of halogens is 1. The lowest BCUT2D eigenvalue weighted by Crippen LogP contribution is -2.27. The van der Waals surface area contributed by atoms with Crippen molar-refractivity contribution >= 4 is 18.4 Å². The molecule has 0 saturated heterocycles. The van der Waals surface area contributed by atoms with E-state index >= 15 is 0 Å². The van der Waals surface area contributed by atoms with Gasteiger partial charge in [-0.25, -0.2) is 4.79 Å². The minimum Gasteiger partial charge on any atom is -0.480 e. The van der Waals surface area contributed by atoms with Gasteiger partial charge in [0.1, 0.15) is 18.6 Å². The minimum absolute atomic E-state index is 0. The highest BCUT2D eigenvalue weighted by Gasteiger charge is 2.13. The number of carboxylic acids is 1. The number of rotatable bonds is 2. The molecule has 0 bridgehead atoms.